The van der Waals surface area contributed by atoms with Crippen LogP contribution in [0.2, 0.25) is 31.7 Å². The zero-order valence-electron chi connectivity index (χ0n) is 19.9. The predicted molar refractivity (Wildman–Crippen MR) is 134 cm³/mol. The van der Waals surface area contributed by atoms with E-state index in [0.29, 0.717) is 13.2 Å². The summed E-state index contributed by atoms with van der Waals surface area (Å²) in [4.78, 5) is 9.18. The highest BCUT2D eigenvalue weighted by Gasteiger charge is 2.29. The number of rotatable bonds is 16. The summed E-state index contributed by atoms with van der Waals surface area (Å²) in [6.45, 7) is 16.7. The molecule has 0 bridgehead atoms. The third-order valence-electron chi connectivity index (χ3n) is 4.81. The molecule has 0 fully saturated rings. The lowest BCUT2D eigenvalue weighted by atomic mass is 10.1. The summed E-state index contributed by atoms with van der Waals surface area (Å²) in [6.07, 6.45) is 5.99. The van der Waals surface area contributed by atoms with Crippen LogP contribution in [0.4, 0.5) is 0 Å². The van der Waals surface area contributed by atoms with Gasteiger partial charge in [-0.05, 0) is 82.5 Å². The van der Waals surface area contributed by atoms with Crippen molar-refractivity contribution < 1.29 is 13.3 Å². The van der Waals surface area contributed by atoms with Gasteiger partial charge >= 0.3 is 8.56 Å². The van der Waals surface area contributed by atoms with Crippen LogP contribution in [0, 0.1) is 0 Å². The molecule has 0 N–H and O–H groups in total. The molecule has 0 amide bonds. The summed E-state index contributed by atoms with van der Waals surface area (Å²) < 4.78 is 17.6. The summed E-state index contributed by atoms with van der Waals surface area (Å²) in [5.74, 6) is 0. The van der Waals surface area contributed by atoms with E-state index in [1.807, 2.05) is 26.3 Å². The lowest BCUT2D eigenvalue weighted by Gasteiger charge is -2.25. The van der Waals surface area contributed by atoms with E-state index in [4.69, 9.17) is 13.3 Å². The molecule has 0 heterocycles. The first-order valence-electron chi connectivity index (χ1n) is 11.4. The van der Waals surface area contributed by atoms with E-state index in [9.17, 15) is 0 Å². The van der Waals surface area contributed by atoms with Gasteiger partial charge in [0.1, 0.15) is 0 Å². The van der Waals surface area contributed by atoms with Crippen molar-refractivity contribution in [2.75, 3.05) is 32.9 Å². The largest absolute Gasteiger partial charge is 0.418 e. The van der Waals surface area contributed by atoms with Crippen LogP contribution in [0.25, 0.3) is 0 Å². The van der Waals surface area contributed by atoms with E-state index in [2.05, 4.69) is 60.8 Å². The Hall–Kier alpha value is -1.13. The van der Waals surface area contributed by atoms with Gasteiger partial charge in [0.15, 0.2) is 8.32 Å². The first-order chi connectivity index (χ1) is 14.3. The first kappa shape index (κ1) is 26.9. The molecule has 0 atom stereocenters. The summed E-state index contributed by atoms with van der Waals surface area (Å²) in [6, 6.07) is 10.5. The fraction of sp³-hybridized carbons (Fsp3) is 0.652. The van der Waals surface area contributed by atoms with Crippen LogP contribution in [0.5, 0.6) is 0 Å². The fourth-order valence-electron chi connectivity index (χ4n) is 3.41. The van der Waals surface area contributed by atoms with Crippen molar-refractivity contribution in [3.63, 3.8) is 0 Å². The maximum Gasteiger partial charge on any atom is 0.334 e. The van der Waals surface area contributed by atoms with Crippen LogP contribution in [-0.2, 0) is 13.3 Å². The quantitative estimate of drug-likeness (QED) is 0.185. The standard InChI is InChI=1S/C23H42N2O3Si2/c1-7-26-29(4,5)17-11-15-24-20-22-13-10-14-23(19-22)21-25-16-12-18-30(6,27-8-2)28-9-3/h10,13-14,19-21H,7-9,11-12,15-18H2,1-6H3. The molecule has 30 heavy (non-hydrogen) atoms. The van der Waals surface area contributed by atoms with Gasteiger partial charge in [-0.15, -0.1) is 0 Å². The molecule has 0 spiro atoms. The molecule has 0 saturated carbocycles. The molecule has 0 aliphatic rings. The van der Waals surface area contributed by atoms with Crippen LogP contribution in [0.15, 0.2) is 34.3 Å². The SMILES string of the molecule is CCO[Si](C)(C)CCCN=Cc1cccc(C=NCCC[Si](C)(OCC)OCC)c1. The Labute approximate surface area is 186 Å². The Balaban J connectivity index is 2.42. The molecular formula is C23H42N2O3Si2. The third-order valence-corrected chi connectivity index (χ3v) is 10.5. The second kappa shape index (κ2) is 14.8. The topological polar surface area (TPSA) is 52.4 Å². The molecule has 0 aromatic heterocycles. The number of hydrogen-bond donors (Lipinski definition) is 0. The maximum atomic E-state index is 5.88. The van der Waals surface area contributed by atoms with Crippen molar-refractivity contribution in [3.8, 4) is 0 Å². The van der Waals surface area contributed by atoms with Crippen molar-refractivity contribution in [3.05, 3.63) is 35.4 Å². The highest BCUT2D eigenvalue weighted by atomic mass is 28.4. The molecule has 7 heteroatoms. The highest BCUT2D eigenvalue weighted by molar-refractivity contribution is 6.71. The zero-order valence-corrected chi connectivity index (χ0v) is 21.9. The average Bonchev–Trinajstić information content (AvgIpc) is 2.68. The van der Waals surface area contributed by atoms with Gasteiger partial charge in [-0.25, -0.2) is 0 Å². The Morgan fingerprint density at radius 1 is 0.767 bits per heavy atom. The molecule has 1 aromatic rings. The lowest BCUT2D eigenvalue weighted by molar-refractivity contribution is 0.188. The predicted octanol–water partition coefficient (Wildman–Crippen LogP) is 5.69. The van der Waals surface area contributed by atoms with Crippen LogP contribution in [0.1, 0.15) is 44.7 Å². The van der Waals surface area contributed by atoms with Crippen molar-refractivity contribution >= 4 is 29.3 Å². The Morgan fingerprint density at radius 3 is 1.77 bits per heavy atom. The van der Waals surface area contributed by atoms with E-state index in [1.54, 1.807) is 0 Å². The highest BCUT2D eigenvalue weighted by Crippen LogP contribution is 2.16. The fourth-order valence-corrected chi connectivity index (χ4v) is 7.74. The Bertz CT molecular complexity index is 645. The van der Waals surface area contributed by atoms with Gasteiger partial charge in [0.25, 0.3) is 0 Å². The first-order valence-corrected chi connectivity index (χ1v) is 17.0. The second-order valence-electron chi connectivity index (χ2n) is 8.14. The van der Waals surface area contributed by atoms with Crippen molar-refractivity contribution in [1.29, 1.82) is 0 Å². The van der Waals surface area contributed by atoms with Crippen LogP contribution < -0.4 is 0 Å². The lowest BCUT2D eigenvalue weighted by Crippen LogP contribution is -2.38. The molecule has 1 aromatic carbocycles. The Kier molecular flexibility index (Phi) is 13.3. The van der Waals surface area contributed by atoms with Crippen LogP contribution >= 0.6 is 0 Å². The van der Waals surface area contributed by atoms with Crippen molar-refractivity contribution in [1.82, 2.24) is 0 Å². The minimum absolute atomic E-state index is 0.715. The van der Waals surface area contributed by atoms with Crippen LogP contribution in [0.3, 0.4) is 0 Å². The zero-order chi connectivity index (χ0) is 22.3. The van der Waals surface area contributed by atoms with Gasteiger partial charge < -0.3 is 13.3 Å². The monoisotopic (exact) mass is 450 g/mol. The van der Waals surface area contributed by atoms with Gasteiger partial charge in [-0.2, -0.15) is 0 Å². The van der Waals surface area contributed by atoms with E-state index in [0.717, 1.165) is 55.8 Å². The normalized spacial score (nSPS) is 13.0. The summed E-state index contributed by atoms with van der Waals surface area (Å²) in [5.41, 5.74) is 2.23. The van der Waals surface area contributed by atoms with Gasteiger partial charge in [-0.1, -0.05) is 18.2 Å². The maximum absolute atomic E-state index is 5.88. The van der Waals surface area contributed by atoms with E-state index in [-0.39, 0.29) is 0 Å². The minimum atomic E-state index is -2.02. The molecular weight excluding hydrogens is 408 g/mol. The third kappa shape index (κ3) is 11.9. The van der Waals surface area contributed by atoms with Gasteiger partial charge in [0.05, 0.1) is 0 Å². The summed E-state index contributed by atoms with van der Waals surface area (Å²) in [7, 11) is -3.51. The van der Waals surface area contributed by atoms with Crippen molar-refractivity contribution in [2.45, 2.75) is 65.3 Å². The summed E-state index contributed by atoms with van der Waals surface area (Å²) in [5, 5.41) is 0. The van der Waals surface area contributed by atoms with Gasteiger partial charge in [0.2, 0.25) is 0 Å². The Morgan fingerprint density at radius 2 is 1.27 bits per heavy atom. The smallest absolute Gasteiger partial charge is 0.334 e. The number of hydrogen-bond acceptors (Lipinski definition) is 5. The van der Waals surface area contributed by atoms with Crippen LogP contribution in [-0.4, -0.2) is 62.2 Å². The number of aliphatic imine (C=N–C) groups is 2. The van der Waals surface area contributed by atoms with Crippen molar-refractivity contribution in [2.24, 2.45) is 9.98 Å². The molecule has 0 unspecified atom stereocenters. The van der Waals surface area contributed by atoms with Gasteiger partial charge in [-0.3, -0.25) is 9.98 Å². The number of benzene rings is 1. The molecule has 0 aliphatic carbocycles. The molecule has 0 saturated heterocycles. The molecule has 1 rings (SSSR count). The van der Waals surface area contributed by atoms with Gasteiger partial charge in [0, 0.05) is 45.3 Å². The minimum Gasteiger partial charge on any atom is -0.418 e. The molecule has 0 radical (unpaired) electrons. The molecule has 170 valence electrons. The molecule has 0 aliphatic heterocycles. The van der Waals surface area contributed by atoms with E-state index in [1.165, 1.54) is 0 Å². The second-order valence-corrected chi connectivity index (χ2v) is 15.8. The average molecular weight is 451 g/mol. The van der Waals surface area contributed by atoms with E-state index < -0.39 is 16.9 Å². The molecule has 5 nitrogen and oxygen atoms in total. The number of nitrogens with zero attached hydrogens (tertiary/aromatic N) is 2. The summed E-state index contributed by atoms with van der Waals surface area (Å²) >= 11 is 0. The van der Waals surface area contributed by atoms with E-state index >= 15 is 0 Å².